The van der Waals surface area contributed by atoms with Crippen LogP contribution in [0.5, 0.6) is 0 Å². The highest BCUT2D eigenvalue weighted by molar-refractivity contribution is 5.87. The predicted molar refractivity (Wildman–Crippen MR) is 58.1 cm³/mol. The fraction of sp³-hybridized carbons (Fsp3) is 0.818. The van der Waals surface area contributed by atoms with E-state index in [0.717, 1.165) is 25.0 Å². The number of hydrogen-bond donors (Lipinski definition) is 1. The Labute approximate surface area is 86.0 Å². The summed E-state index contributed by atoms with van der Waals surface area (Å²) in [6.45, 7) is 4.12. The van der Waals surface area contributed by atoms with Crippen LogP contribution in [-0.4, -0.2) is 11.6 Å². The van der Waals surface area contributed by atoms with E-state index < -0.39 is 0 Å². The Bertz CT molecular complexity index is 219. The van der Waals surface area contributed by atoms with Gasteiger partial charge < -0.3 is 0 Å². The number of amides is 1. The molecule has 1 aliphatic rings. The van der Waals surface area contributed by atoms with Crippen molar-refractivity contribution in [3.63, 3.8) is 0 Å². The molecule has 1 N–H and O–H groups in total. The van der Waals surface area contributed by atoms with Crippen molar-refractivity contribution in [1.29, 1.82) is 0 Å². The molecular weight excluding hydrogens is 176 g/mol. The average molecular weight is 196 g/mol. The molecule has 3 heteroatoms. The molecule has 0 radical (unpaired) electrons. The third kappa shape index (κ3) is 4.40. The van der Waals surface area contributed by atoms with Crippen molar-refractivity contribution in [1.82, 2.24) is 5.43 Å². The van der Waals surface area contributed by atoms with Crippen LogP contribution in [0.4, 0.5) is 0 Å². The molecule has 0 atom stereocenters. The zero-order valence-electron chi connectivity index (χ0n) is 9.18. The van der Waals surface area contributed by atoms with Crippen molar-refractivity contribution in [2.24, 2.45) is 11.0 Å². The number of carbonyl (C=O) groups excluding carboxylic acids is 1. The Morgan fingerprint density at radius 1 is 1.43 bits per heavy atom. The molecule has 0 aromatic heterocycles. The molecule has 3 nitrogen and oxygen atoms in total. The first-order valence-electron chi connectivity index (χ1n) is 5.57. The molecule has 1 saturated carbocycles. The highest BCUT2D eigenvalue weighted by Crippen LogP contribution is 2.30. The van der Waals surface area contributed by atoms with E-state index in [9.17, 15) is 4.79 Å². The topological polar surface area (TPSA) is 41.5 Å². The standard InChI is InChI=1S/C11H20N2O/c1-3-4-5-6-11(14)13-12-9(2)10-7-8-10/h10H,3-8H2,1-2H3,(H,13,14)/b12-9+. The number of hydrogen-bond acceptors (Lipinski definition) is 2. The van der Waals surface area contributed by atoms with Gasteiger partial charge >= 0.3 is 0 Å². The summed E-state index contributed by atoms with van der Waals surface area (Å²) in [7, 11) is 0. The summed E-state index contributed by atoms with van der Waals surface area (Å²) >= 11 is 0. The van der Waals surface area contributed by atoms with Gasteiger partial charge in [0.05, 0.1) is 0 Å². The molecule has 0 spiro atoms. The SMILES string of the molecule is CCCCCC(=O)N/N=C(\C)C1CC1. The molecule has 0 saturated heterocycles. The highest BCUT2D eigenvalue weighted by Gasteiger charge is 2.24. The van der Waals surface area contributed by atoms with Crippen LogP contribution in [0.1, 0.15) is 52.4 Å². The first-order chi connectivity index (χ1) is 6.74. The average Bonchev–Trinajstić information content (AvgIpc) is 2.98. The van der Waals surface area contributed by atoms with Gasteiger partial charge in [-0.15, -0.1) is 0 Å². The summed E-state index contributed by atoms with van der Waals surface area (Å²) in [5, 5.41) is 4.08. The molecule has 0 heterocycles. The van der Waals surface area contributed by atoms with Gasteiger partial charge in [0.1, 0.15) is 0 Å². The normalized spacial score (nSPS) is 16.9. The third-order valence-corrected chi connectivity index (χ3v) is 2.53. The van der Waals surface area contributed by atoms with Gasteiger partial charge in [-0.3, -0.25) is 4.79 Å². The number of nitrogens with one attached hydrogen (secondary N) is 1. The summed E-state index contributed by atoms with van der Waals surface area (Å²) in [5.74, 6) is 0.699. The summed E-state index contributed by atoms with van der Waals surface area (Å²) in [6.07, 6.45) is 6.33. The Kier molecular flexibility index (Phi) is 4.63. The quantitative estimate of drug-likeness (QED) is 0.396. The van der Waals surface area contributed by atoms with E-state index in [1.807, 2.05) is 6.92 Å². The lowest BCUT2D eigenvalue weighted by Gasteiger charge is -2.00. The zero-order chi connectivity index (χ0) is 10.4. The second-order valence-corrected chi connectivity index (χ2v) is 4.02. The van der Waals surface area contributed by atoms with E-state index >= 15 is 0 Å². The van der Waals surface area contributed by atoms with Gasteiger partial charge in [-0.05, 0) is 32.1 Å². The number of carbonyl (C=O) groups is 1. The van der Waals surface area contributed by atoms with Crippen molar-refractivity contribution in [2.75, 3.05) is 0 Å². The molecule has 1 fully saturated rings. The lowest BCUT2D eigenvalue weighted by Crippen LogP contribution is -2.18. The monoisotopic (exact) mass is 196 g/mol. The van der Waals surface area contributed by atoms with Crippen LogP contribution in [0.25, 0.3) is 0 Å². The first-order valence-corrected chi connectivity index (χ1v) is 5.57. The van der Waals surface area contributed by atoms with Gasteiger partial charge in [0.25, 0.3) is 0 Å². The van der Waals surface area contributed by atoms with Crippen molar-refractivity contribution < 1.29 is 4.79 Å². The Hall–Kier alpha value is -0.860. The molecule has 0 aromatic carbocycles. The van der Waals surface area contributed by atoms with Crippen LogP contribution in [0, 0.1) is 5.92 Å². The molecule has 1 aliphatic carbocycles. The molecule has 0 bridgehead atoms. The fourth-order valence-corrected chi connectivity index (χ4v) is 1.33. The van der Waals surface area contributed by atoms with Crippen LogP contribution < -0.4 is 5.43 Å². The lowest BCUT2D eigenvalue weighted by atomic mass is 10.2. The first kappa shape index (κ1) is 11.2. The van der Waals surface area contributed by atoms with Gasteiger partial charge in [0.2, 0.25) is 5.91 Å². The highest BCUT2D eigenvalue weighted by atomic mass is 16.2. The van der Waals surface area contributed by atoms with Crippen molar-refractivity contribution >= 4 is 11.6 Å². The molecule has 0 aromatic rings. The number of nitrogens with zero attached hydrogens (tertiary/aromatic N) is 1. The lowest BCUT2D eigenvalue weighted by molar-refractivity contribution is -0.121. The van der Waals surface area contributed by atoms with Gasteiger partial charge in [-0.1, -0.05) is 19.8 Å². The maximum absolute atomic E-state index is 11.2. The second-order valence-electron chi connectivity index (χ2n) is 4.02. The van der Waals surface area contributed by atoms with E-state index in [-0.39, 0.29) is 5.91 Å². The van der Waals surface area contributed by atoms with E-state index in [2.05, 4.69) is 17.5 Å². The fourth-order valence-electron chi connectivity index (χ4n) is 1.33. The Balaban J connectivity index is 2.10. The molecule has 0 unspecified atom stereocenters. The van der Waals surface area contributed by atoms with E-state index in [0.29, 0.717) is 12.3 Å². The molecule has 14 heavy (non-hydrogen) atoms. The predicted octanol–water partition coefficient (Wildman–Crippen LogP) is 2.47. The molecule has 1 rings (SSSR count). The molecular formula is C11H20N2O. The minimum Gasteiger partial charge on any atom is -0.273 e. The van der Waals surface area contributed by atoms with Gasteiger partial charge in [0, 0.05) is 12.1 Å². The second kappa shape index (κ2) is 5.78. The van der Waals surface area contributed by atoms with Gasteiger partial charge in [-0.25, -0.2) is 5.43 Å². The minimum atomic E-state index is 0.0541. The zero-order valence-corrected chi connectivity index (χ0v) is 9.18. The van der Waals surface area contributed by atoms with E-state index in [4.69, 9.17) is 0 Å². The Morgan fingerprint density at radius 3 is 2.71 bits per heavy atom. The number of unbranched alkanes of at least 4 members (excludes halogenated alkanes) is 2. The molecule has 1 amide bonds. The van der Waals surface area contributed by atoms with Crippen molar-refractivity contribution in [3.05, 3.63) is 0 Å². The van der Waals surface area contributed by atoms with Crippen LogP contribution in [0.2, 0.25) is 0 Å². The largest absolute Gasteiger partial charge is 0.273 e. The van der Waals surface area contributed by atoms with E-state index in [1.165, 1.54) is 12.8 Å². The summed E-state index contributed by atoms with van der Waals surface area (Å²) in [4.78, 5) is 11.2. The minimum absolute atomic E-state index is 0.0541. The van der Waals surface area contributed by atoms with Gasteiger partial charge in [-0.2, -0.15) is 5.10 Å². The number of hydrazone groups is 1. The van der Waals surface area contributed by atoms with Crippen LogP contribution in [0.3, 0.4) is 0 Å². The van der Waals surface area contributed by atoms with Crippen molar-refractivity contribution in [2.45, 2.75) is 52.4 Å². The van der Waals surface area contributed by atoms with Crippen molar-refractivity contribution in [3.8, 4) is 0 Å². The van der Waals surface area contributed by atoms with E-state index in [1.54, 1.807) is 0 Å². The van der Waals surface area contributed by atoms with Crippen LogP contribution in [0.15, 0.2) is 5.10 Å². The Morgan fingerprint density at radius 2 is 2.14 bits per heavy atom. The van der Waals surface area contributed by atoms with Crippen LogP contribution in [-0.2, 0) is 4.79 Å². The number of rotatable bonds is 6. The summed E-state index contributed by atoms with van der Waals surface area (Å²) < 4.78 is 0. The summed E-state index contributed by atoms with van der Waals surface area (Å²) in [6, 6.07) is 0. The smallest absolute Gasteiger partial charge is 0.240 e. The maximum Gasteiger partial charge on any atom is 0.240 e. The summed E-state index contributed by atoms with van der Waals surface area (Å²) in [5.41, 5.74) is 3.69. The molecule has 0 aliphatic heterocycles. The maximum atomic E-state index is 11.2. The third-order valence-electron chi connectivity index (χ3n) is 2.53. The van der Waals surface area contributed by atoms with Gasteiger partial charge in [0.15, 0.2) is 0 Å². The molecule has 80 valence electrons. The van der Waals surface area contributed by atoms with Crippen LogP contribution >= 0.6 is 0 Å².